The summed E-state index contributed by atoms with van der Waals surface area (Å²) in [5.74, 6) is 2.32. The van der Waals surface area contributed by atoms with Crippen LogP contribution in [-0.4, -0.2) is 18.4 Å². The molecule has 0 aliphatic heterocycles. The molecule has 1 fully saturated rings. The summed E-state index contributed by atoms with van der Waals surface area (Å²) in [6.07, 6.45) is 2.92. The highest BCUT2D eigenvalue weighted by Crippen LogP contribution is 2.42. The van der Waals surface area contributed by atoms with Crippen molar-refractivity contribution in [1.82, 2.24) is 4.98 Å². The van der Waals surface area contributed by atoms with Crippen molar-refractivity contribution in [3.05, 3.63) is 35.7 Å². The number of rotatable bonds is 4. The summed E-state index contributed by atoms with van der Waals surface area (Å²) in [4.78, 5) is 15.2. The lowest BCUT2D eigenvalue weighted by Gasteiger charge is -2.00. The summed E-state index contributed by atoms with van der Waals surface area (Å²) >= 11 is 0. The third-order valence-corrected chi connectivity index (χ3v) is 3.06. The van der Waals surface area contributed by atoms with Gasteiger partial charge in [0, 0.05) is 11.5 Å². The lowest BCUT2D eigenvalue weighted by Crippen LogP contribution is -1.86. The quantitative estimate of drug-likeness (QED) is 0.774. The number of carbonyl (C=O) groups is 1. The summed E-state index contributed by atoms with van der Waals surface area (Å²) in [5.41, 5.74) is 1.25. The van der Waals surface area contributed by atoms with Crippen LogP contribution in [0.1, 0.15) is 35.0 Å². The first-order valence-electron chi connectivity index (χ1n) is 5.92. The summed E-state index contributed by atoms with van der Waals surface area (Å²) in [6, 6.07) is 7.46. The number of aldehydes is 1. The Morgan fingerprint density at radius 1 is 1.44 bits per heavy atom. The molecule has 0 saturated heterocycles. The maximum Gasteiger partial charge on any atom is 0.227 e. The molecule has 0 unspecified atom stereocenters. The Labute approximate surface area is 105 Å². The topological polar surface area (TPSA) is 52.3 Å². The number of hydrogen-bond donors (Lipinski definition) is 0. The number of ether oxygens (including phenoxy) is 1. The van der Waals surface area contributed by atoms with Gasteiger partial charge in [-0.3, -0.25) is 4.79 Å². The standard InChI is InChI=1S/C14H13NO3/c1-17-11-4-2-3-10(7-11)14-15-12(8-16)13(18-14)9-5-6-9/h2-4,7-9H,5-6H2,1H3. The van der Waals surface area contributed by atoms with Crippen LogP contribution in [0.25, 0.3) is 11.5 Å². The minimum Gasteiger partial charge on any atom is -0.497 e. The molecule has 4 nitrogen and oxygen atoms in total. The van der Waals surface area contributed by atoms with E-state index in [0.717, 1.165) is 36.2 Å². The van der Waals surface area contributed by atoms with Gasteiger partial charge in [0.15, 0.2) is 6.29 Å². The van der Waals surface area contributed by atoms with Crippen LogP contribution in [-0.2, 0) is 0 Å². The van der Waals surface area contributed by atoms with E-state index in [4.69, 9.17) is 9.15 Å². The van der Waals surface area contributed by atoms with Crippen molar-refractivity contribution in [3.8, 4) is 17.2 Å². The molecule has 0 amide bonds. The maximum atomic E-state index is 11.0. The van der Waals surface area contributed by atoms with Crippen LogP contribution in [0.4, 0.5) is 0 Å². The average molecular weight is 243 g/mol. The second-order valence-electron chi connectivity index (χ2n) is 4.39. The normalized spacial score (nSPS) is 14.5. The van der Waals surface area contributed by atoms with E-state index in [0.29, 0.717) is 17.5 Å². The number of oxazole rings is 1. The highest BCUT2D eigenvalue weighted by Gasteiger charge is 2.31. The van der Waals surface area contributed by atoms with Gasteiger partial charge in [-0.05, 0) is 31.0 Å². The van der Waals surface area contributed by atoms with Crippen LogP contribution in [0.5, 0.6) is 5.75 Å². The molecule has 1 aliphatic carbocycles. The van der Waals surface area contributed by atoms with E-state index in [-0.39, 0.29) is 0 Å². The molecule has 1 saturated carbocycles. The molecule has 18 heavy (non-hydrogen) atoms. The molecule has 1 aromatic carbocycles. The van der Waals surface area contributed by atoms with Crippen molar-refractivity contribution in [2.75, 3.05) is 7.11 Å². The SMILES string of the molecule is COc1cccc(-c2nc(C=O)c(C3CC3)o2)c1. The molecule has 0 N–H and O–H groups in total. The highest BCUT2D eigenvalue weighted by atomic mass is 16.5. The largest absolute Gasteiger partial charge is 0.497 e. The Morgan fingerprint density at radius 2 is 2.28 bits per heavy atom. The van der Waals surface area contributed by atoms with E-state index in [2.05, 4.69) is 4.98 Å². The smallest absolute Gasteiger partial charge is 0.227 e. The van der Waals surface area contributed by atoms with Crippen LogP contribution in [0, 0.1) is 0 Å². The van der Waals surface area contributed by atoms with E-state index in [1.807, 2.05) is 24.3 Å². The zero-order valence-electron chi connectivity index (χ0n) is 10.1. The van der Waals surface area contributed by atoms with Crippen molar-refractivity contribution in [2.45, 2.75) is 18.8 Å². The summed E-state index contributed by atoms with van der Waals surface area (Å²) in [7, 11) is 1.61. The van der Waals surface area contributed by atoms with Gasteiger partial charge in [0.2, 0.25) is 5.89 Å². The van der Waals surface area contributed by atoms with Gasteiger partial charge in [-0.15, -0.1) is 0 Å². The second-order valence-corrected chi connectivity index (χ2v) is 4.39. The highest BCUT2D eigenvalue weighted by molar-refractivity contribution is 5.75. The first-order valence-corrected chi connectivity index (χ1v) is 5.92. The van der Waals surface area contributed by atoms with Gasteiger partial charge in [0.25, 0.3) is 0 Å². The third-order valence-electron chi connectivity index (χ3n) is 3.06. The van der Waals surface area contributed by atoms with E-state index in [9.17, 15) is 4.79 Å². The number of nitrogens with zero attached hydrogens (tertiary/aromatic N) is 1. The molecule has 1 aromatic heterocycles. The van der Waals surface area contributed by atoms with E-state index < -0.39 is 0 Å². The molecule has 4 heteroatoms. The van der Waals surface area contributed by atoms with E-state index in [1.54, 1.807) is 7.11 Å². The van der Waals surface area contributed by atoms with Gasteiger partial charge in [0.1, 0.15) is 17.2 Å². The van der Waals surface area contributed by atoms with Crippen molar-refractivity contribution in [2.24, 2.45) is 0 Å². The summed E-state index contributed by atoms with van der Waals surface area (Å²) in [5, 5.41) is 0. The fourth-order valence-electron chi connectivity index (χ4n) is 1.95. The van der Waals surface area contributed by atoms with Crippen molar-refractivity contribution in [3.63, 3.8) is 0 Å². The minimum absolute atomic E-state index is 0.372. The molecule has 0 atom stereocenters. The van der Waals surface area contributed by atoms with Gasteiger partial charge in [-0.2, -0.15) is 0 Å². The first kappa shape index (κ1) is 11.0. The van der Waals surface area contributed by atoms with Gasteiger partial charge >= 0.3 is 0 Å². The molecule has 2 aromatic rings. The Hall–Kier alpha value is -2.10. The molecule has 3 rings (SSSR count). The van der Waals surface area contributed by atoms with Gasteiger partial charge < -0.3 is 9.15 Å². The van der Waals surface area contributed by atoms with Gasteiger partial charge in [-0.25, -0.2) is 4.98 Å². The van der Waals surface area contributed by atoms with E-state index >= 15 is 0 Å². The number of aromatic nitrogens is 1. The van der Waals surface area contributed by atoms with E-state index in [1.165, 1.54) is 0 Å². The zero-order chi connectivity index (χ0) is 12.5. The van der Waals surface area contributed by atoms with Crippen LogP contribution < -0.4 is 4.74 Å². The van der Waals surface area contributed by atoms with Gasteiger partial charge in [0.05, 0.1) is 7.11 Å². The van der Waals surface area contributed by atoms with Crippen LogP contribution in [0.3, 0.4) is 0 Å². The second kappa shape index (κ2) is 4.29. The van der Waals surface area contributed by atoms with Crippen molar-refractivity contribution < 1.29 is 13.9 Å². The predicted molar refractivity (Wildman–Crippen MR) is 65.9 cm³/mol. The molecule has 0 spiro atoms. The molecular formula is C14H13NO3. The fraction of sp³-hybridized carbons (Fsp3) is 0.286. The lowest BCUT2D eigenvalue weighted by atomic mass is 10.2. The summed E-state index contributed by atoms with van der Waals surface area (Å²) in [6.45, 7) is 0. The number of carbonyl (C=O) groups excluding carboxylic acids is 1. The fourth-order valence-corrected chi connectivity index (χ4v) is 1.95. The van der Waals surface area contributed by atoms with Crippen LogP contribution in [0.2, 0.25) is 0 Å². The molecule has 0 radical (unpaired) electrons. The predicted octanol–water partition coefficient (Wildman–Crippen LogP) is 3.04. The number of methoxy groups -OCH3 is 1. The Bertz CT molecular complexity index is 584. The summed E-state index contributed by atoms with van der Waals surface area (Å²) < 4.78 is 10.9. The first-order chi connectivity index (χ1) is 8.81. The van der Waals surface area contributed by atoms with Gasteiger partial charge in [-0.1, -0.05) is 6.07 Å². The molecule has 1 heterocycles. The Morgan fingerprint density at radius 3 is 2.94 bits per heavy atom. The Kier molecular flexibility index (Phi) is 2.63. The minimum atomic E-state index is 0.372. The maximum absolute atomic E-state index is 11.0. The number of benzene rings is 1. The average Bonchev–Trinajstić information content (AvgIpc) is 3.18. The molecular weight excluding hydrogens is 230 g/mol. The third kappa shape index (κ3) is 1.90. The lowest BCUT2D eigenvalue weighted by molar-refractivity contribution is 0.111. The monoisotopic (exact) mass is 243 g/mol. The zero-order valence-corrected chi connectivity index (χ0v) is 10.1. The Balaban J connectivity index is 2.02. The van der Waals surface area contributed by atoms with Crippen LogP contribution >= 0.6 is 0 Å². The number of hydrogen-bond acceptors (Lipinski definition) is 4. The van der Waals surface area contributed by atoms with Crippen molar-refractivity contribution >= 4 is 6.29 Å². The van der Waals surface area contributed by atoms with Crippen LogP contribution in [0.15, 0.2) is 28.7 Å². The van der Waals surface area contributed by atoms with Crippen molar-refractivity contribution in [1.29, 1.82) is 0 Å². The molecule has 92 valence electrons. The molecule has 0 bridgehead atoms. The molecule has 1 aliphatic rings.